The molecule has 0 saturated carbocycles. The van der Waals surface area contributed by atoms with Crippen LogP contribution in [0.5, 0.6) is 5.75 Å². The second-order valence-electron chi connectivity index (χ2n) is 3.36. The van der Waals surface area contributed by atoms with Gasteiger partial charge in [0.1, 0.15) is 5.75 Å². The maximum atomic E-state index is 10.5. The van der Waals surface area contributed by atoms with Gasteiger partial charge in [0.2, 0.25) is 0 Å². The summed E-state index contributed by atoms with van der Waals surface area (Å²) in [6.07, 6.45) is 0. The van der Waals surface area contributed by atoms with E-state index in [1.165, 1.54) is 0 Å². The van der Waals surface area contributed by atoms with E-state index >= 15 is 0 Å². The molecule has 0 bridgehead atoms. The molecule has 0 aliphatic heterocycles. The monoisotopic (exact) mass is 209 g/mol. The summed E-state index contributed by atoms with van der Waals surface area (Å²) in [4.78, 5) is 12.3. The molecule has 0 atom stereocenters. The number of rotatable bonds is 5. The lowest BCUT2D eigenvalue weighted by Crippen LogP contribution is -2.28. The zero-order valence-corrected chi connectivity index (χ0v) is 8.68. The Morgan fingerprint density at radius 3 is 2.40 bits per heavy atom. The summed E-state index contributed by atoms with van der Waals surface area (Å²) in [6, 6.07) is 6.79. The van der Waals surface area contributed by atoms with E-state index in [9.17, 15) is 4.79 Å². The Bertz CT molecular complexity index is 321. The summed E-state index contributed by atoms with van der Waals surface area (Å²) >= 11 is 0. The second kappa shape index (κ2) is 5.36. The van der Waals surface area contributed by atoms with Crippen LogP contribution in [0.15, 0.2) is 24.3 Å². The van der Waals surface area contributed by atoms with E-state index in [2.05, 4.69) is 0 Å². The molecule has 15 heavy (non-hydrogen) atoms. The molecule has 0 aliphatic carbocycles. The summed E-state index contributed by atoms with van der Waals surface area (Å²) in [6.45, 7) is 3.23. The lowest BCUT2D eigenvalue weighted by molar-refractivity contribution is -0.138. The van der Waals surface area contributed by atoms with Gasteiger partial charge in [-0.3, -0.25) is 9.69 Å². The highest BCUT2D eigenvalue weighted by Crippen LogP contribution is 2.11. The molecule has 82 valence electrons. The molecule has 2 N–H and O–H groups in total. The van der Waals surface area contributed by atoms with Crippen molar-refractivity contribution in [1.29, 1.82) is 0 Å². The van der Waals surface area contributed by atoms with Crippen molar-refractivity contribution in [1.82, 2.24) is 4.90 Å². The van der Waals surface area contributed by atoms with Crippen LogP contribution in [0.25, 0.3) is 0 Å². The summed E-state index contributed by atoms with van der Waals surface area (Å²) in [7, 11) is 0. The van der Waals surface area contributed by atoms with Crippen LogP contribution in [-0.4, -0.2) is 34.2 Å². The fourth-order valence-corrected chi connectivity index (χ4v) is 1.33. The second-order valence-corrected chi connectivity index (χ2v) is 3.36. The lowest BCUT2D eigenvalue weighted by atomic mass is 10.2. The zero-order valence-electron chi connectivity index (χ0n) is 8.68. The summed E-state index contributed by atoms with van der Waals surface area (Å²) in [5.74, 6) is -0.601. The van der Waals surface area contributed by atoms with Gasteiger partial charge >= 0.3 is 5.97 Å². The summed E-state index contributed by atoms with van der Waals surface area (Å²) in [5.41, 5.74) is 0.996. The number of nitrogens with zero attached hydrogens (tertiary/aromatic N) is 1. The van der Waals surface area contributed by atoms with Crippen molar-refractivity contribution in [2.75, 3.05) is 13.1 Å². The van der Waals surface area contributed by atoms with Crippen LogP contribution in [-0.2, 0) is 11.3 Å². The number of hydrogen-bond donors (Lipinski definition) is 2. The average Bonchev–Trinajstić information content (AvgIpc) is 2.19. The van der Waals surface area contributed by atoms with Crippen LogP contribution in [0.4, 0.5) is 0 Å². The number of aliphatic carboxylic acids is 1. The molecule has 0 aromatic heterocycles. The van der Waals surface area contributed by atoms with E-state index in [1.807, 2.05) is 11.8 Å². The number of carbonyl (C=O) groups is 1. The van der Waals surface area contributed by atoms with E-state index in [4.69, 9.17) is 10.2 Å². The van der Waals surface area contributed by atoms with Gasteiger partial charge in [-0.2, -0.15) is 0 Å². The third-order valence-electron chi connectivity index (χ3n) is 2.15. The average molecular weight is 209 g/mol. The van der Waals surface area contributed by atoms with E-state index < -0.39 is 5.97 Å². The highest BCUT2D eigenvalue weighted by Gasteiger charge is 2.07. The number of carboxylic acid groups (broad SMARTS) is 1. The Balaban J connectivity index is 2.58. The Kier molecular flexibility index (Phi) is 4.12. The number of likely N-dealkylation sites (N-methyl/N-ethyl adjacent to an activating group) is 1. The first kappa shape index (κ1) is 11.5. The molecule has 0 aliphatic rings. The highest BCUT2D eigenvalue weighted by atomic mass is 16.4. The molecular formula is C11H15NO3. The maximum Gasteiger partial charge on any atom is 0.317 e. The van der Waals surface area contributed by atoms with Gasteiger partial charge in [-0.1, -0.05) is 19.1 Å². The van der Waals surface area contributed by atoms with Crippen LogP contribution in [0.2, 0.25) is 0 Å². The Hall–Kier alpha value is -1.55. The van der Waals surface area contributed by atoms with E-state index in [1.54, 1.807) is 24.3 Å². The molecule has 0 heterocycles. The van der Waals surface area contributed by atoms with Crippen LogP contribution in [0.3, 0.4) is 0 Å². The Morgan fingerprint density at radius 2 is 1.93 bits per heavy atom. The Morgan fingerprint density at radius 1 is 1.33 bits per heavy atom. The maximum absolute atomic E-state index is 10.5. The first-order chi connectivity index (χ1) is 7.11. The van der Waals surface area contributed by atoms with E-state index in [0.29, 0.717) is 13.1 Å². The summed E-state index contributed by atoms with van der Waals surface area (Å²) < 4.78 is 0. The number of aromatic hydroxyl groups is 1. The van der Waals surface area contributed by atoms with Crippen molar-refractivity contribution in [2.45, 2.75) is 13.5 Å². The molecule has 0 amide bonds. The van der Waals surface area contributed by atoms with Gasteiger partial charge in [-0.05, 0) is 24.2 Å². The first-order valence-electron chi connectivity index (χ1n) is 4.84. The minimum Gasteiger partial charge on any atom is -0.508 e. The minimum absolute atomic E-state index is 0.0391. The van der Waals surface area contributed by atoms with Gasteiger partial charge in [0, 0.05) is 6.54 Å². The van der Waals surface area contributed by atoms with Gasteiger partial charge in [-0.15, -0.1) is 0 Å². The van der Waals surface area contributed by atoms with Gasteiger partial charge in [0.25, 0.3) is 0 Å². The summed E-state index contributed by atoms with van der Waals surface area (Å²) in [5, 5.41) is 17.7. The van der Waals surface area contributed by atoms with Crippen LogP contribution < -0.4 is 0 Å². The molecule has 0 spiro atoms. The zero-order chi connectivity index (χ0) is 11.3. The van der Waals surface area contributed by atoms with Crippen LogP contribution in [0, 0.1) is 0 Å². The first-order valence-corrected chi connectivity index (χ1v) is 4.84. The van der Waals surface area contributed by atoms with Crippen molar-refractivity contribution in [3.63, 3.8) is 0 Å². The third-order valence-corrected chi connectivity index (χ3v) is 2.15. The SMILES string of the molecule is CCN(CC(=O)O)Cc1ccc(O)cc1. The predicted octanol–water partition coefficient (Wildman–Crippen LogP) is 1.30. The fourth-order valence-electron chi connectivity index (χ4n) is 1.33. The topological polar surface area (TPSA) is 60.8 Å². The normalized spacial score (nSPS) is 10.5. The van der Waals surface area contributed by atoms with E-state index in [0.717, 1.165) is 5.56 Å². The van der Waals surface area contributed by atoms with Gasteiger partial charge < -0.3 is 10.2 Å². The van der Waals surface area contributed by atoms with Crippen molar-refractivity contribution >= 4 is 5.97 Å². The molecular weight excluding hydrogens is 194 g/mol. The molecule has 0 saturated heterocycles. The Labute approximate surface area is 88.8 Å². The van der Waals surface area contributed by atoms with Crippen molar-refractivity contribution in [3.8, 4) is 5.75 Å². The van der Waals surface area contributed by atoms with Crippen LogP contribution >= 0.6 is 0 Å². The third kappa shape index (κ3) is 3.99. The quantitative estimate of drug-likeness (QED) is 0.767. The number of phenolic OH excluding ortho intramolecular Hbond substituents is 1. The molecule has 1 aromatic carbocycles. The van der Waals surface area contributed by atoms with Crippen molar-refractivity contribution in [3.05, 3.63) is 29.8 Å². The lowest BCUT2D eigenvalue weighted by Gasteiger charge is -2.17. The minimum atomic E-state index is -0.823. The van der Waals surface area contributed by atoms with Crippen molar-refractivity contribution in [2.24, 2.45) is 0 Å². The van der Waals surface area contributed by atoms with Crippen LogP contribution in [0.1, 0.15) is 12.5 Å². The number of phenols is 1. The number of hydrogen-bond acceptors (Lipinski definition) is 3. The number of carboxylic acids is 1. The molecule has 0 fully saturated rings. The fraction of sp³-hybridized carbons (Fsp3) is 0.364. The van der Waals surface area contributed by atoms with Gasteiger partial charge in [0.05, 0.1) is 6.54 Å². The molecule has 4 nitrogen and oxygen atoms in total. The largest absolute Gasteiger partial charge is 0.508 e. The molecule has 4 heteroatoms. The predicted molar refractivity (Wildman–Crippen MR) is 56.7 cm³/mol. The highest BCUT2D eigenvalue weighted by molar-refractivity contribution is 5.69. The smallest absolute Gasteiger partial charge is 0.317 e. The van der Waals surface area contributed by atoms with Gasteiger partial charge in [0.15, 0.2) is 0 Å². The molecule has 1 aromatic rings. The molecule has 0 unspecified atom stereocenters. The van der Waals surface area contributed by atoms with Crippen molar-refractivity contribution < 1.29 is 15.0 Å². The standard InChI is InChI=1S/C11H15NO3/c1-2-12(8-11(14)15)7-9-3-5-10(13)6-4-9/h3-6,13H,2,7-8H2,1H3,(H,14,15). The molecule has 1 rings (SSSR count). The van der Waals surface area contributed by atoms with E-state index in [-0.39, 0.29) is 12.3 Å². The number of benzene rings is 1. The molecule has 0 radical (unpaired) electrons. The van der Waals surface area contributed by atoms with Gasteiger partial charge in [-0.25, -0.2) is 0 Å².